The predicted molar refractivity (Wildman–Crippen MR) is 78.7 cm³/mol. The van der Waals surface area contributed by atoms with Gasteiger partial charge in [0, 0.05) is 0 Å². The SMILES string of the molecule is CCCCCCCCC[N+]1(CCO)CCCCC1. The molecule has 0 atom stereocenters. The molecule has 18 heavy (non-hydrogen) atoms. The summed E-state index contributed by atoms with van der Waals surface area (Å²) in [7, 11) is 0. The molecule has 2 nitrogen and oxygen atoms in total. The van der Waals surface area contributed by atoms with E-state index in [1.54, 1.807) is 0 Å². The van der Waals surface area contributed by atoms with E-state index in [1.165, 1.54) is 88.3 Å². The van der Waals surface area contributed by atoms with Gasteiger partial charge in [0.2, 0.25) is 0 Å². The maximum Gasteiger partial charge on any atom is 0.102 e. The molecule has 0 aliphatic carbocycles. The Morgan fingerprint density at radius 3 is 2.00 bits per heavy atom. The van der Waals surface area contributed by atoms with Gasteiger partial charge < -0.3 is 9.59 Å². The van der Waals surface area contributed by atoms with E-state index < -0.39 is 0 Å². The summed E-state index contributed by atoms with van der Waals surface area (Å²) in [6.45, 7) is 7.59. The van der Waals surface area contributed by atoms with Gasteiger partial charge in [-0.1, -0.05) is 39.0 Å². The Kier molecular flexibility index (Phi) is 8.70. The fourth-order valence-corrected chi connectivity index (χ4v) is 3.36. The Hall–Kier alpha value is -0.0800. The van der Waals surface area contributed by atoms with Crippen LogP contribution >= 0.6 is 0 Å². The van der Waals surface area contributed by atoms with Crippen LogP contribution < -0.4 is 0 Å². The highest BCUT2D eigenvalue weighted by Gasteiger charge is 2.28. The maximum atomic E-state index is 9.27. The fraction of sp³-hybridized carbons (Fsp3) is 1.00. The largest absolute Gasteiger partial charge is 0.391 e. The van der Waals surface area contributed by atoms with Crippen molar-refractivity contribution in [1.82, 2.24) is 0 Å². The van der Waals surface area contributed by atoms with Crippen LogP contribution in [0.3, 0.4) is 0 Å². The molecule has 0 aromatic rings. The van der Waals surface area contributed by atoms with E-state index in [9.17, 15) is 5.11 Å². The normalized spacial score (nSPS) is 19.0. The summed E-state index contributed by atoms with van der Waals surface area (Å²) < 4.78 is 1.21. The molecular formula is C16H34NO+. The summed E-state index contributed by atoms with van der Waals surface area (Å²) in [5.41, 5.74) is 0. The van der Waals surface area contributed by atoms with Crippen LogP contribution in [0.4, 0.5) is 0 Å². The van der Waals surface area contributed by atoms with Crippen LogP contribution in [0, 0.1) is 0 Å². The Morgan fingerprint density at radius 1 is 0.778 bits per heavy atom. The highest BCUT2D eigenvalue weighted by molar-refractivity contribution is 4.55. The lowest BCUT2D eigenvalue weighted by molar-refractivity contribution is -0.932. The number of hydrogen-bond donors (Lipinski definition) is 1. The molecule has 0 spiro atoms. The third-order valence-corrected chi connectivity index (χ3v) is 4.58. The lowest BCUT2D eigenvalue weighted by atomic mass is 10.0. The molecule has 2 heteroatoms. The Morgan fingerprint density at radius 2 is 1.39 bits per heavy atom. The smallest absolute Gasteiger partial charge is 0.102 e. The number of quaternary nitrogens is 1. The van der Waals surface area contributed by atoms with Crippen molar-refractivity contribution >= 4 is 0 Å². The minimum absolute atomic E-state index is 0.372. The molecule has 0 radical (unpaired) electrons. The first-order chi connectivity index (χ1) is 8.83. The third-order valence-electron chi connectivity index (χ3n) is 4.58. The lowest BCUT2D eigenvalue weighted by Gasteiger charge is -2.41. The van der Waals surface area contributed by atoms with Gasteiger partial charge in [0.1, 0.15) is 6.54 Å². The van der Waals surface area contributed by atoms with E-state index in [1.807, 2.05) is 0 Å². The van der Waals surface area contributed by atoms with Crippen LogP contribution in [-0.4, -0.2) is 42.4 Å². The zero-order valence-electron chi connectivity index (χ0n) is 12.5. The van der Waals surface area contributed by atoms with E-state index in [-0.39, 0.29) is 0 Å². The number of hydrogen-bond acceptors (Lipinski definition) is 1. The average Bonchev–Trinajstić information content (AvgIpc) is 2.39. The van der Waals surface area contributed by atoms with Crippen LogP contribution in [0.5, 0.6) is 0 Å². The zero-order chi connectivity index (χ0) is 13.1. The van der Waals surface area contributed by atoms with E-state index in [0.29, 0.717) is 6.61 Å². The summed E-state index contributed by atoms with van der Waals surface area (Å²) in [4.78, 5) is 0. The summed E-state index contributed by atoms with van der Waals surface area (Å²) in [5.74, 6) is 0. The van der Waals surface area contributed by atoms with E-state index in [0.717, 1.165) is 6.54 Å². The number of piperidine rings is 1. The number of aliphatic hydroxyl groups is 1. The number of likely N-dealkylation sites (tertiary alicyclic amines) is 1. The minimum atomic E-state index is 0.372. The molecule has 1 fully saturated rings. The quantitative estimate of drug-likeness (QED) is 0.466. The van der Waals surface area contributed by atoms with Gasteiger partial charge in [-0.25, -0.2) is 0 Å². The Bertz CT molecular complexity index is 182. The van der Waals surface area contributed by atoms with E-state index in [2.05, 4.69) is 6.92 Å². The van der Waals surface area contributed by atoms with Crippen LogP contribution in [0.25, 0.3) is 0 Å². The first-order valence-electron chi connectivity index (χ1n) is 8.29. The standard InChI is InChI=1S/C16H34NO/c1-2-3-4-5-6-7-9-12-17(15-16-18)13-10-8-11-14-17/h18H,2-16H2,1H3/q+1. The molecule has 0 saturated carbocycles. The second-order valence-corrected chi connectivity index (χ2v) is 6.14. The van der Waals surface area contributed by atoms with Crippen molar-refractivity contribution in [1.29, 1.82) is 0 Å². The molecule has 108 valence electrons. The van der Waals surface area contributed by atoms with Crippen molar-refractivity contribution in [2.75, 3.05) is 32.8 Å². The highest BCUT2D eigenvalue weighted by atomic mass is 16.3. The predicted octanol–water partition coefficient (Wildman–Crippen LogP) is 3.73. The van der Waals surface area contributed by atoms with Gasteiger partial charge in [0.25, 0.3) is 0 Å². The molecule has 0 amide bonds. The van der Waals surface area contributed by atoms with E-state index in [4.69, 9.17) is 0 Å². The monoisotopic (exact) mass is 256 g/mol. The van der Waals surface area contributed by atoms with Crippen LogP contribution in [0.2, 0.25) is 0 Å². The summed E-state index contributed by atoms with van der Waals surface area (Å²) in [5, 5.41) is 9.27. The summed E-state index contributed by atoms with van der Waals surface area (Å²) >= 11 is 0. The van der Waals surface area contributed by atoms with Crippen molar-refractivity contribution < 1.29 is 9.59 Å². The van der Waals surface area contributed by atoms with E-state index >= 15 is 0 Å². The Labute approximate surface area is 114 Å². The number of aliphatic hydroxyl groups excluding tert-OH is 1. The van der Waals surface area contributed by atoms with Crippen molar-refractivity contribution in [3.8, 4) is 0 Å². The van der Waals surface area contributed by atoms with Gasteiger partial charge >= 0.3 is 0 Å². The average molecular weight is 256 g/mol. The first kappa shape index (κ1) is 16.0. The number of unbranched alkanes of at least 4 members (excludes halogenated alkanes) is 6. The molecule has 0 aromatic carbocycles. The lowest BCUT2D eigenvalue weighted by Crippen LogP contribution is -2.53. The molecule has 1 N–H and O–H groups in total. The molecule has 0 bridgehead atoms. The molecular weight excluding hydrogens is 222 g/mol. The molecule has 1 heterocycles. The second kappa shape index (κ2) is 9.80. The number of rotatable bonds is 10. The van der Waals surface area contributed by atoms with Crippen molar-refractivity contribution in [3.05, 3.63) is 0 Å². The van der Waals surface area contributed by atoms with Gasteiger partial charge in [-0.15, -0.1) is 0 Å². The third kappa shape index (κ3) is 6.19. The van der Waals surface area contributed by atoms with Crippen molar-refractivity contribution in [2.24, 2.45) is 0 Å². The van der Waals surface area contributed by atoms with Gasteiger partial charge in [-0.05, 0) is 32.1 Å². The van der Waals surface area contributed by atoms with Crippen molar-refractivity contribution in [3.63, 3.8) is 0 Å². The molecule has 1 saturated heterocycles. The highest BCUT2D eigenvalue weighted by Crippen LogP contribution is 2.20. The molecule has 1 rings (SSSR count). The Balaban J connectivity index is 2.10. The summed E-state index contributed by atoms with van der Waals surface area (Å²) in [6.07, 6.45) is 13.9. The summed E-state index contributed by atoms with van der Waals surface area (Å²) in [6, 6.07) is 0. The van der Waals surface area contributed by atoms with Gasteiger partial charge in [-0.3, -0.25) is 0 Å². The van der Waals surface area contributed by atoms with Crippen LogP contribution in [-0.2, 0) is 0 Å². The second-order valence-electron chi connectivity index (χ2n) is 6.14. The van der Waals surface area contributed by atoms with Gasteiger partial charge in [0.15, 0.2) is 0 Å². The molecule has 1 aliphatic rings. The minimum Gasteiger partial charge on any atom is -0.391 e. The maximum absolute atomic E-state index is 9.27. The van der Waals surface area contributed by atoms with Gasteiger partial charge in [0.05, 0.1) is 26.2 Å². The fourth-order valence-electron chi connectivity index (χ4n) is 3.36. The zero-order valence-corrected chi connectivity index (χ0v) is 12.5. The van der Waals surface area contributed by atoms with Crippen molar-refractivity contribution in [2.45, 2.75) is 71.1 Å². The van der Waals surface area contributed by atoms with Crippen LogP contribution in [0.1, 0.15) is 71.1 Å². The first-order valence-corrected chi connectivity index (χ1v) is 8.29. The molecule has 1 aliphatic heterocycles. The van der Waals surface area contributed by atoms with Gasteiger partial charge in [-0.2, -0.15) is 0 Å². The topological polar surface area (TPSA) is 20.2 Å². The van der Waals surface area contributed by atoms with Crippen LogP contribution in [0.15, 0.2) is 0 Å². The number of nitrogens with zero attached hydrogens (tertiary/aromatic N) is 1. The molecule has 0 unspecified atom stereocenters. The molecule has 0 aromatic heterocycles.